The number of aliphatic hydroxyl groups excluding tert-OH is 1. The molecule has 122 valence electrons. The monoisotopic (exact) mass is 322 g/mol. The first-order chi connectivity index (χ1) is 11.8. The van der Waals surface area contributed by atoms with Crippen LogP contribution in [0.5, 0.6) is 5.75 Å². The lowest BCUT2D eigenvalue weighted by atomic mass is 10.0. The van der Waals surface area contributed by atoms with E-state index in [9.17, 15) is 5.11 Å². The number of rotatable bonds is 3. The summed E-state index contributed by atoms with van der Waals surface area (Å²) in [5.41, 5.74) is 4.01. The molecule has 24 heavy (non-hydrogen) atoms. The maximum Gasteiger partial charge on any atom is 0.155 e. The van der Waals surface area contributed by atoms with Crippen molar-refractivity contribution in [3.8, 4) is 28.4 Å². The number of benzene rings is 1. The zero-order valence-corrected chi connectivity index (χ0v) is 13.1. The molecule has 0 atom stereocenters. The number of hydrogen-bond donors (Lipinski definition) is 2. The van der Waals surface area contributed by atoms with E-state index in [1.807, 2.05) is 35.4 Å². The van der Waals surface area contributed by atoms with Gasteiger partial charge in [-0.3, -0.25) is 9.88 Å². The quantitative estimate of drug-likeness (QED) is 0.774. The Morgan fingerprint density at radius 2 is 2.08 bits per heavy atom. The molecule has 1 aromatic carbocycles. The van der Waals surface area contributed by atoms with Crippen LogP contribution in [-0.2, 0) is 6.54 Å². The summed E-state index contributed by atoms with van der Waals surface area (Å²) < 4.78 is 5.76. The summed E-state index contributed by atoms with van der Waals surface area (Å²) in [5.74, 6) is 1.64. The number of imidazole rings is 1. The average Bonchev–Trinajstić information content (AvgIpc) is 3.08. The molecule has 1 aliphatic heterocycles. The number of H-pyrrole nitrogens is 1. The van der Waals surface area contributed by atoms with Gasteiger partial charge in [0.25, 0.3) is 0 Å². The highest BCUT2D eigenvalue weighted by molar-refractivity contribution is 5.66. The first kappa shape index (κ1) is 14.9. The molecule has 0 fully saturated rings. The molecular formula is C18H18N4O2. The van der Waals surface area contributed by atoms with Gasteiger partial charge in [-0.15, -0.1) is 0 Å². The smallest absolute Gasteiger partial charge is 0.155 e. The van der Waals surface area contributed by atoms with E-state index in [4.69, 9.17) is 4.74 Å². The van der Waals surface area contributed by atoms with E-state index in [2.05, 4.69) is 21.0 Å². The Bertz CT molecular complexity index is 816. The van der Waals surface area contributed by atoms with Gasteiger partial charge in [-0.05, 0) is 23.8 Å². The molecule has 0 saturated heterocycles. The van der Waals surface area contributed by atoms with Crippen molar-refractivity contribution < 1.29 is 9.84 Å². The zero-order valence-electron chi connectivity index (χ0n) is 13.1. The molecule has 1 aliphatic rings. The van der Waals surface area contributed by atoms with Gasteiger partial charge < -0.3 is 14.8 Å². The molecule has 0 radical (unpaired) electrons. The van der Waals surface area contributed by atoms with Gasteiger partial charge in [0, 0.05) is 42.8 Å². The van der Waals surface area contributed by atoms with Gasteiger partial charge in [0.05, 0.1) is 6.73 Å². The van der Waals surface area contributed by atoms with E-state index in [1.165, 1.54) is 0 Å². The summed E-state index contributed by atoms with van der Waals surface area (Å²) >= 11 is 0. The first-order valence-electron chi connectivity index (χ1n) is 7.88. The van der Waals surface area contributed by atoms with E-state index in [-0.39, 0.29) is 6.73 Å². The van der Waals surface area contributed by atoms with Crippen LogP contribution in [0.2, 0.25) is 0 Å². The molecule has 4 rings (SSSR count). The van der Waals surface area contributed by atoms with Crippen LogP contribution in [0.3, 0.4) is 0 Å². The van der Waals surface area contributed by atoms with Gasteiger partial charge in [0.15, 0.2) is 5.82 Å². The Balaban J connectivity index is 1.64. The summed E-state index contributed by atoms with van der Waals surface area (Å²) in [6.07, 6.45) is 5.34. The van der Waals surface area contributed by atoms with Gasteiger partial charge in [-0.2, -0.15) is 0 Å². The SMILES string of the molecule is OCN1CCOc2ccc(-c3ccc(-c4ncc[nH]4)nc3)cc2C1. The molecule has 6 nitrogen and oxygen atoms in total. The summed E-state index contributed by atoms with van der Waals surface area (Å²) in [5, 5.41) is 9.40. The number of pyridine rings is 1. The number of nitrogens with zero attached hydrogens (tertiary/aromatic N) is 3. The fourth-order valence-electron chi connectivity index (χ4n) is 2.86. The minimum atomic E-state index is 0.0342. The molecule has 2 aromatic heterocycles. The zero-order chi connectivity index (χ0) is 16.4. The lowest BCUT2D eigenvalue weighted by molar-refractivity contribution is 0.0945. The van der Waals surface area contributed by atoms with E-state index in [0.717, 1.165) is 40.5 Å². The second kappa shape index (κ2) is 6.43. The molecule has 3 aromatic rings. The second-order valence-corrected chi connectivity index (χ2v) is 5.73. The van der Waals surface area contributed by atoms with Crippen molar-refractivity contribution in [1.29, 1.82) is 0 Å². The summed E-state index contributed by atoms with van der Waals surface area (Å²) in [6, 6.07) is 10.1. The highest BCUT2D eigenvalue weighted by Crippen LogP contribution is 2.29. The minimum absolute atomic E-state index is 0.0342. The number of aromatic amines is 1. The van der Waals surface area contributed by atoms with Gasteiger partial charge >= 0.3 is 0 Å². The predicted octanol–water partition coefficient (Wildman–Crippen LogP) is 2.28. The number of ether oxygens (including phenoxy) is 1. The third-order valence-electron chi connectivity index (χ3n) is 4.16. The fraction of sp³-hybridized carbons (Fsp3) is 0.222. The normalized spacial score (nSPS) is 14.7. The predicted molar refractivity (Wildman–Crippen MR) is 90.2 cm³/mol. The number of hydrogen-bond acceptors (Lipinski definition) is 5. The van der Waals surface area contributed by atoms with Crippen LogP contribution in [0.4, 0.5) is 0 Å². The summed E-state index contributed by atoms with van der Waals surface area (Å²) in [4.78, 5) is 13.7. The first-order valence-corrected chi connectivity index (χ1v) is 7.88. The molecule has 6 heteroatoms. The number of fused-ring (bicyclic) bond motifs is 1. The number of aromatic nitrogens is 3. The minimum Gasteiger partial charge on any atom is -0.492 e. The molecule has 2 N–H and O–H groups in total. The molecule has 0 amide bonds. The fourth-order valence-corrected chi connectivity index (χ4v) is 2.86. The Hall–Kier alpha value is -2.70. The standard InChI is InChI=1S/C18H18N4O2/c23-12-22-7-8-24-17-4-2-13(9-15(17)11-22)14-1-3-16(21-10-14)18-19-5-6-20-18/h1-6,9-10,23H,7-8,11-12H2,(H,19,20). The topological polar surface area (TPSA) is 74.3 Å². The third-order valence-corrected chi connectivity index (χ3v) is 4.16. The summed E-state index contributed by atoms with van der Waals surface area (Å²) in [6.45, 7) is 2.02. The molecule has 0 unspecified atom stereocenters. The van der Waals surface area contributed by atoms with Crippen molar-refractivity contribution in [3.05, 3.63) is 54.5 Å². The van der Waals surface area contributed by atoms with Crippen LogP contribution >= 0.6 is 0 Å². The maximum absolute atomic E-state index is 9.40. The Kier molecular flexibility index (Phi) is 3.98. The average molecular weight is 322 g/mol. The highest BCUT2D eigenvalue weighted by atomic mass is 16.5. The number of nitrogens with one attached hydrogen (secondary N) is 1. The molecule has 3 heterocycles. The Labute approximate surface area is 139 Å². The lowest BCUT2D eigenvalue weighted by Crippen LogP contribution is -2.26. The molecule has 0 bridgehead atoms. The van der Waals surface area contributed by atoms with Crippen molar-refractivity contribution >= 4 is 0 Å². The van der Waals surface area contributed by atoms with Gasteiger partial charge in [0.2, 0.25) is 0 Å². The van der Waals surface area contributed by atoms with Crippen LogP contribution < -0.4 is 4.74 Å². The van der Waals surface area contributed by atoms with Crippen molar-refractivity contribution in [2.45, 2.75) is 6.54 Å². The third kappa shape index (κ3) is 2.89. The summed E-state index contributed by atoms with van der Waals surface area (Å²) in [7, 11) is 0. The molecule has 0 saturated carbocycles. The van der Waals surface area contributed by atoms with Crippen LogP contribution in [0.1, 0.15) is 5.56 Å². The van der Waals surface area contributed by atoms with Gasteiger partial charge in [0.1, 0.15) is 18.1 Å². The molecule has 0 spiro atoms. The molecule has 0 aliphatic carbocycles. The van der Waals surface area contributed by atoms with Crippen LogP contribution in [0.25, 0.3) is 22.6 Å². The van der Waals surface area contributed by atoms with Crippen molar-refractivity contribution in [3.63, 3.8) is 0 Å². The van der Waals surface area contributed by atoms with Crippen molar-refractivity contribution in [2.24, 2.45) is 0 Å². The van der Waals surface area contributed by atoms with E-state index in [0.29, 0.717) is 13.2 Å². The highest BCUT2D eigenvalue weighted by Gasteiger charge is 2.15. The van der Waals surface area contributed by atoms with Crippen LogP contribution in [0, 0.1) is 0 Å². The number of aliphatic hydroxyl groups is 1. The van der Waals surface area contributed by atoms with Crippen LogP contribution in [0.15, 0.2) is 48.9 Å². The van der Waals surface area contributed by atoms with E-state index < -0.39 is 0 Å². The Morgan fingerprint density at radius 1 is 1.17 bits per heavy atom. The van der Waals surface area contributed by atoms with E-state index in [1.54, 1.807) is 12.4 Å². The van der Waals surface area contributed by atoms with Gasteiger partial charge in [-0.1, -0.05) is 12.1 Å². The van der Waals surface area contributed by atoms with Crippen molar-refractivity contribution in [1.82, 2.24) is 19.9 Å². The Morgan fingerprint density at radius 3 is 2.83 bits per heavy atom. The van der Waals surface area contributed by atoms with Crippen LogP contribution in [-0.4, -0.2) is 44.8 Å². The second-order valence-electron chi connectivity index (χ2n) is 5.73. The molecular weight excluding hydrogens is 304 g/mol. The lowest BCUT2D eigenvalue weighted by Gasteiger charge is -2.15. The maximum atomic E-state index is 9.40. The van der Waals surface area contributed by atoms with E-state index >= 15 is 0 Å². The van der Waals surface area contributed by atoms with Crippen molar-refractivity contribution in [2.75, 3.05) is 19.9 Å². The van der Waals surface area contributed by atoms with Gasteiger partial charge in [-0.25, -0.2) is 4.98 Å². The largest absolute Gasteiger partial charge is 0.492 e.